The second kappa shape index (κ2) is 6.59. The molecule has 1 saturated heterocycles. The van der Waals surface area contributed by atoms with Crippen LogP contribution in [0.4, 0.5) is 4.39 Å². The second-order valence-corrected chi connectivity index (χ2v) is 7.42. The first-order chi connectivity index (χ1) is 11.8. The highest BCUT2D eigenvalue weighted by molar-refractivity contribution is 5.92. The van der Waals surface area contributed by atoms with Gasteiger partial charge in [0.1, 0.15) is 11.9 Å². The van der Waals surface area contributed by atoms with Crippen molar-refractivity contribution < 1.29 is 13.9 Å². The zero-order valence-corrected chi connectivity index (χ0v) is 15.1. The molecule has 0 spiro atoms. The van der Waals surface area contributed by atoms with Crippen LogP contribution in [-0.4, -0.2) is 40.3 Å². The van der Waals surface area contributed by atoms with Gasteiger partial charge >= 0.3 is 0 Å². The quantitative estimate of drug-likeness (QED) is 0.839. The van der Waals surface area contributed by atoms with Gasteiger partial charge < -0.3 is 9.64 Å². The van der Waals surface area contributed by atoms with Gasteiger partial charge in [-0.1, -0.05) is 12.1 Å². The monoisotopic (exact) mass is 345 g/mol. The average Bonchev–Trinajstić information content (AvgIpc) is 2.97. The molecule has 134 valence electrons. The van der Waals surface area contributed by atoms with Crippen LogP contribution in [0.2, 0.25) is 0 Å². The number of aromatic nitrogens is 2. The maximum atomic E-state index is 13.1. The SMILES string of the molecule is Cc1cc(C(=O)N2CCO[C@H](c3ccc(F)cc3)C2)nn1C(C)(C)C. The third-order valence-electron chi connectivity index (χ3n) is 4.34. The van der Waals surface area contributed by atoms with Gasteiger partial charge in [0.15, 0.2) is 5.69 Å². The van der Waals surface area contributed by atoms with Crippen LogP contribution in [0, 0.1) is 12.7 Å². The van der Waals surface area contributed by atoms with Gasteiger partial charge in [-0.05, 0) is 51.5 Å². The number of amides is 1. The number of ether oxygens (including phenoxy) is 1. The maximum Gasteiger partial charge on any atom is 0.274 e. The van der Waals surface area contributed by atoms with E-state index in [0.29, 0.717) is 25.4 Å². The van der Waals surface area contributed by atoms with Crippen molar-refractivity contribution >= 4 is 5.91 Å². The van der Waals surface area contributed by atoms with Crippen LogP contribution in [0.5, 0.6) is 0 Å². The van der Waals surface area contributed by atoms with Gasteiger partial charge in [0, 0.05) is 12.2 Å². The van der Waals surface area contributed by atoms with Crippen molar-refractivity contribution in [3.8, 4) is 0 Å². The van der Waals surface area contributed by atoms with Crippen molar-refractivity contribution in [3.63, 3.8) is 0 Å². The Morgan fingerprint density at radius 2 is 1.96 bits per heavy atom. The first kappa shape index (κ1) is 17.6. The molecule has 1 amide bonds. The van der Waals surface area contributed by atoms with Gasteiger partial charge in [-0.25, -0.2) is 4.39 Å². The minimum Gasteiger partial charge on any atom is -0.370 e. The van der Waals surface area contributed by atoms with E-state index < -0.39 is 0 Å². The standard InChI is InChI=1S/C19H24FN3O2/c1-13-11-16(21-23(13)19(2,3)4)18(24)22-9-10-25-17(12-22)14-5-7-15(20)8-6-14/h5-8,11,17H,9-10,12H2,1-4H3/t17-/m0/s1. The first-order valence-corrected chi connectivity index (χ1v) is 8.49. The largest absolute Gasteiger partial charge is 0.370 e. The third kappa shape index (κ3) is 3.74. The molecule has 0 N–H and O–H groups in total. The van der Waals surface area contributed by atoms with E-state index in [1.165, 1.54) is 12.1 Å². The van der Waals surface area contributed by atoms with E-state index in [1.54, 1.807) is 17.0 Å². The van der Waals surface area contributed by atoms with Crippen LogP contribution in [-0.2, 0) is 10.3 Å². The molecule has 25 heavy (non-hydrogen) atoms. The molecule has 3 rings (SSSR count). The molecule has 1 aromatic carbocycles. The summed E-state index contributed by atoms with van der Waals surface area (Å²) in [7, 11) is 0. The van der Waals surface area contributed by atoms with E-state index in [1.807, 2.05) is 17.7 Å². The Balaban J connectivity index is 1.77. The van der Waals surface area contributed by atoms with Crippen molar-refractivity contribution in [1.29, 1.82) is 0 Å². The van der Waals surface area contributed by atoms with Crippen LogP contribution in [0.25, 0.3) is 0 Å². The summed E-state index contributed by atoms with van der Waals surface area (Å²) in [6, 6.07) is 8.05. The van der Waals surface area contributed by atoms with Gasteiger partial charge in [0.2, 0.25) is 0 Å². The number of morpholine rings is 1. The number of hydrogen-bond donors (Lipinski definition) is 0. The fourth-order valence-corrected chi connectivity index (χ4v) is 3.13. The van der Waals surface area contributed by atoms with Gasteiger partial charge in [0.05, 0.1) is 18.7 Å². The summed E-state index contributed by atoms with van der Waals surface area (Å²) in [5.41, 5.74) is 2.10. The summed E-state index contributed by atoms with van der Waals surface area (Å²) in [5, 5.41) is 4.50. The Bertz CT molecular complexity index is 762. The molecule has 1 aromatic heterocycles. The number of carbonyl (C=O) groups excluding carboxylic acids is 1. The lowest BCUT2D eigenvalue weighted by Crippen LogP contribution is -2.42. The predicted molar refractivity (Wildman–Crippen MR) is 93.0 cm³/mol. The van der Waals surface area contributed by atoms with Gasteiger partial charge in [0.25, 0.3) is 5.91 Å². The lowest BCUT2D eigenvalue weighted by Gasteiger charge is -2.32. The summed E-state index contributed by atoms with van der Waals surface area (Å²) in [6.07, 6.45) is -0.246. The van der Waals surface area contributed by atoms with Crippen molar-refractivity contribution in [2.45, 2.75) is 39.3 Å². The molecular weight excluding hydrogens is 321 g/mol. The zero-order valence-electron chi connectivity index (χ0n) is 15.1. The highest BCUT2D eigenvalue weighted by atomic mass is 19.1. The van der Waals surface area contributed by atoms with Crippen LogP contribution in [0.3, 0.4) is 0 Å². The molecule has 2 heterocycles. The lowest BCUT2D eigenvalue weighted by molar-refractivity contribution is -0.0230. The van der Waals surface area contributed by atoms with Crippen LogP contribution in [0.15, 0.2) is 30.3 Å². The van der Waals surface area contributed by atoms with Gasteiger partial charge in [-0.3, -0.25) is 9.48 Å². The molecule has 1 aliphatic heterocycles. The third-order valence-corrected chi connectivity index (χ3v) is 4.34. The summed E-state index contributed by atoms with van der Waals surface area (Å²) in [4.78, 5) is 14.6. The zero-order chi connectivity index (χ0) is 18.2. The number of carbonyl (C=O) groups is 1. The maximum absolute atomic E-state index is 13.1. The topological polar surface area (TPSA) is 47.4 Å². The van der Waals surface area contributed by atoms with E-state index in [4.69, 9.17) is 4.74 Å². The number of aryl methyl sites for hydroxylation is 1. The number of hydrogen-bond acceptors (Lipinski definition) is 3. The van der Waals surface area contributed by atoms with Crippen LogP contribution >= 0.6 is 0 Å². The fraction of sp³-hybridized carbons (Fsp3) is 0.474. The minimum absolute atomic E-state index is 0.0958. The van der Waals surface area contributed by atoms with Gasteiger partial charge in [-0.2, -0.15) is 5.10 Å². The molecule has 0 radical (unpaired) electrons. The Kier molecular flexibility index (Phi) is 4.64. The highest BCUT2D eigenvalue weighted by Crippen LogP contribution is 2.24. The summed E-state index contributed by atoms with van der Waals surface area (Å²) in [5.74, 6) is -0.378. The Labute approximate surface area is 147 Å². The van der Waals surface area contributed by atoms with Crippen LogP contribution < -0.4 is 0 Å². The molecule has 2 aromatic rings. The minimum atomic E-state index is -0.282. The van der Waals surface area contributed by atoms with Crippen molar-refractivity contribution in [3.05, 3.63) is 53.1 Å². The number of benzene rings is 1. The molecule has 0 saturated carbocycles. The Morgan fingerprint density at radius 1 is 1.28 bits per heavy atom. The molecule has 0 unspecified atom stereocenters. The number of rotatable bonds is 2. The predicted octanol–water partition coefficient (Wildman–Crippen LogP) is 3.30. The first-order valence-electron chi connectivity index (χ1n) is 8.49. The van der Waals surface area contributed by atoms with Gasteiger partial charge in [-0.15, -0.1) is 0 Å². The Hall–Kier alpha value is -2.21. The van der Waals surface area contributed by atoms with Crippen molar-refractivity contribution in [2.24, 2.45) is 0 Å². The molecule has 1 fully saturated rings. The van der Waals surface area contributed by atoms with Crippen LogP contribution in [0.1, 0.15) is 48.6 Å². The van der Waals surface area contributed by atoms with Crippen molar-refractivity contribution in [1.82, 2.24) is 14.7 Å². The molecule has 5 nitrogen and oxygen atoms in total. The normalized spacial score (nSPS) is 18.4. The van der Waals surface area contributed by atoms with E-state index in [9.17, 15) is 9.18 Å². The lowest BCUT2D eigenvalue weighted by atomic mass is 10.1. The Morgan fingerprint density at radius 3 is 2.56 bits per heavy atom. The fourth-order valence-electron chi connectivity index (χ4n) is 3.13. The van der Waals surface area contributed by atoms with E-state index in [2.05, 4.69) is 25.9 Å². The molecule has 6 heteroatoms. The van der Waals surface area contributed by atoms with E-state index in [0.717, 1.165) is 11.3 Å². The number of halogens is 1. The molecule has 1 atom stereocenters. The number of nitrogens with zero attached hydrogens (tertiary/aromatic N) is 3. The smallest absolute Gasteiger partial charge is 0.274 e. The van der Waals surface area contributed by atoms with Crippen molar-refractivity contribution in [2.75, 3.05) is 19.7 Å². The van der Waals surface area contributed by atoms with E-state index >= 15 is 0 Å². The summed E-state index contributed by atoms with van der Waals surface area (Å²) >= 11 is 0. The van der Waals surface area contributed by atoms with E-state index in [-0.39, 0.29) is 23.4 Å². The highest BCUT2D eigenvalue weighted by Gasteiger charge is 2.28. The summed E-state index contributed by atoms with van der Waals surface area (Å²) < 4.78 is 20.7. The molecule has 1 aliphatic rings. The molecule has 0 aliphatic carbocycles. The summed E-state index contributed by atoms with van der Waals surface area (Å²) in [6.45, 7) is 9.54. The second-order valence-electron chi connectivity index (χ2n) is 7.42. The average molecular weight is 345 g/mol. The molecular formula is C19H24FN3O2. The molecule has 0 bridgehead atoms.